The summed E-state index contributed by atoms with van der Waals surface area (Å²) in [5.74, 6) is -1.77. The number of aromatic nitrogens is 1. The maximum Gasteiger partial charge on any atom is 0.326 e. The maximum absolute atomic E-state index is 13.2. The fraction of sp³-hybridized carbons (Fsp3) is 0.400. The van der Waals surface area contributed by atoms with Crippen molar-refractivity contribution in [3.05, 3.63) is 51.7 Å². The van der Waals surface area contributed by atoms with Gasteiger partial charge in [-0.15, -0.1) is 11.3 Å². The number of benzene rings is 1. The summed E-state index contributed by atoms with van der Waals surface area (Å²) in [6.45, 7) is 7.07. The van der Waals surface area contributed by atoms with Gasteiger partial charge >= 0.3 is 12.0 Å². The first-order valence-electron chi connectivity index (χ1n) is 9.01. The Kier molecular flexibility index (Phi) is 5.44. The Hall–Kier alpha value is -2.81. The number of hydrogen-bond donors (Lipinski definition) is 1. The fourth-order valence-corrected chi connectivity index (χ4v) is 3.79. The molecule has 3 rings (SSSR count). The van der Waals surface area contributed by atoms with Crippen LogP contribution < -0.4 is 5.32 Å². The number of urea groups is 1. The Balaban J connectivity index is 1.63. The lowest BCUT2D eigenvalue weighted by molar-refractivity contribution is -0.148. The summed E-state index contributed by atoms with van der Waals surface area (Å²) in [5.41, 5.74) is -0.158. The molecule has 3 amide bonds. The molecule has 1 unspecified atom stereocenters. The number of ether oxygens (including phenoxy) is 1. The SMILES string of the molecule is CC(C)(C)c1csc(COC(=O)CN2C(=O)NC(C)(c3ccc(F)cc3)C2=O)n1. The summed E-state index contributed by atoms with van der Waals surface area (Å²) in [7, 11) is 0. The van der Waals surface area contributed by atoms with Gasteiger partial charge in [-0.3, -0.25) is 14.5 Å². The Bertz CT molecular complexity index is 951. The standard InChI is InChI=1S/C20H22FN3O4S/c1-19(2,3)14-11-29-15(22-14)10-28-16(25)9-24-17(26)20(4,23-18(24)27)12-5-7-13(21)8-6-12/h5-8,11H,9-10H2,1-4H3,(H,23,27). The van der Waals surface area contributed by atoms with Gasteiger partial charge in [-0.05, 0) is 24.6 Å². The van der Waals surface area contributed by atoms with E-state index in [1.54, 1.807) is 0 Å². The summed E-state index contributed by atoms with van der Waals surface area (Å²) in [5, 5.41) is 5.11. The van der Waals surface area contributed by atoms with Crippen molar-refractivity contribution in [3.63, 3.8) is 0 Å². The second-order valence-corrected chi connectivity index (χ2v) is 8.93. The summed E-state index contributed by atoms with van der Waals surface area (Å²) in [4.78, 5) is 42.5. The van der Waals surface area contributed by atoms with Crippen LogP contribution in [0.25, 0.3) is 0 Å². The van der Waals surface area contributed by atoms with E-state index in [0.29, 0.717) is 10.6 Å². The minimum absolute atomic E-state index is 0.0293. The molecule has 0 saturated carbocycles. The van der Waals surface area contributed by atoms with E-state index in [9.17, 15) is 18.8 Å². The van der Waals surface area contributed by atoms with E-state index >= 15 is 0 Å². The molecule has 0 bridgehead atoms. The summed E-state index contributed by atoms with van der Waals surface area (Å²) in [6, 6.07) is 4.55. The first-order chi connectivity index (χ1) is 13.5. The Labute approximate surface area is 171 Å². The van der Waals surface area contributed by atoms with Crippen LogP contribution in [0.1, 0.15) is 44.0 Å². The third-order valence-electron chi connectivity index (χ3n) is 4.66. The van der Waals surface area contributed by atoms with Crippen LogP contribution in [0, 0.1) is 5.82 Å². The topological polar surface area (TPSA) is 88.6 Å². The summed E-state index contributed by atoms with van der Waals surface area (Å²) in [6.07, 6.45) is 0. The van der Waals surface area contributed by atoms with Gasteiger partial charge in [0.15, 0.2) is 0 Å². The van der Waals surface area contributed by atoms with Gasteiger partial charge in [0.05, 0.1) is 5.69 Å². The largest absolute Gasteiger partial charge is 0.457 e. The summed E-state index contributed by atoms with van der Waals surface area (Å²) >= 11 is 1.38. The molecule has 1 atom stereocenters. The second kappa shape index (κ2) is 7.55. The van der Waals surface area contributed by atoms with E-state index in [2.05, 4.69) is 10.3 Å². The molecule has 2 heterocycles. The van der Waals surface area contributed by atoms with Gasteiger partial charge in [0, 0.05) is 10.8 Å². The summed E-state index contributed by atoms with van der Waals surface area (Å²) < 4.78 is 18.4. The van der Waals surface area contributed by atoms with E-state index in [0.717, 1.165) is 10.6 Å². The molecule has 1 aromatic heterocycles. The molecule has 1 N–H and O–H groups in total. The molecular weight excluding hydrogens is 397 g/mol. The molecule has 9 heteroatoms. The Morgan fingerprint density at radius 2 is 1.93 bits per heavy atom. The highest BCUT2D eigenvalue weighted by molar-refractivity contribution is 7.09. The average molecular weight is 419 g/mol. The molecule has 2 aromatic rings. The Morgan fingerprint density at radius 1 is 1.28 bits per heavy atom. The number of nitrogens with zero attached hydrogens (tertiary/aromatic N) is 2. The molecule has 154 valence electrons. The van der Waals surface area contributed by atoms with Crippen molar-refractivity contribution in [1.29, 1.82) is 0 Å². The van der Waals surface area contributed by atoms with Crippen LogP contribution >= 0.6 is 11.3 Å². The highest BCUT2D eigenvalue weighted by Crippen LogP contribution is 2.29. The Morgan fingerprint density at radius 3 is 2.52 bits per heavy atom. The number of halogens is 1. The minimum Gasteiger partial charge on any atom is -0.457 e. The van der Waals surface area contributed by atoms with E-state index in [1.807, 2.05) is 26.2 Å². The van der Waals surface area contributed by atoms with Gasteiger partial charge in [-0.25, -0.2) is 14.2 Å². The zero-order valence-electron chi connectivity index (χ0n) is 16.6. The maximum atomic E-state index is 13.2. The van der Waals surface area contributed by atoms with Crippen LogP contribution in [0.4, 0.5) is 9.18 Å². The van der Waals surface area contributed by atoms with Crippen LogP contribution in [0.2, 0.25) is 0 Å². The first kappa shape index (κ1) is 20.9. The molecule has 1 saturated heterocycles. The molecule has 7 nitrogen and oxygen atoms in total. The minimum atomic E-state index is -1.37. The van der Waals surface area contributed by atoms with Crippen molar-refractivity contribution in [3.8, 4) is 0 Å². The van der Waals surface area contributed by atoms with Gasteiger partial charge < -0.3 is 10.1 Å². The van der Waals surface area contributed by atoms with E-state index < -0.39 is 35.8 Å². The number of carbonyl (C=O) groups is 3. The number of esters is 1. The van der Waals surface area contributed by atoms with Crippen molar-refractivity contribution < 1.29 is 23.5 Å². The molecule has 1 fully saturated rings. The van der Waals surface area contributed by atoms with Crippen LogP contribution in [-0.2, 0) is 31.9 Å². The lowest BCUT2D eigenvalue weighted by Crippen LogP contribution is -2.41. The highest BCUT2D eigenvalue weighted by Gasteiger charge is 2.49. The highest BCUT2D eigenvalue weighted by atomic mass is 32.1. The quantitative estimate of drug-likeness (QED) is 0.594. The van der Waals surface area contributed by atoms with Crippen molar-refractivity contribution in [1.82, 2.24) is 15.2 Å². The van der Waals surface area contributed by atoms with Gasteiger partial charge in [-0.2, -0.15) is 0 Å². The number of amides is 3. The number of thiazole rings is 1. The van der Waals surface area contributed by atoms with Gasteiger partial charge in [0.1, 0.15) is 29.5 Å². The van der Waals surface area contributed by atoms with E-state index in [1.165, 1.54) is 42.5 Å². The average Bonchev–Trinajstić information content (AvgIpc) is 3.20. The lowest BCUT2D eigenvalue weighted by atomic mass is 9.92. The zero-order valence-corrected chi connectivity index (χ0v) is 17.4. The predicted octanol–water partition coefficient (Wildman–Crippen LogP) is 3.09. The number of rotatable bonds is 5. The lowest BCUT2D eigenvalue weighted by Gasteiger charge is -2.22. The van der Waals surface area contributed by atoms with Crippen molar-refractivity contribution >= 4 is 29.2 Å². The van der Waals surface area contributed by atoms with Gasteiger partial charge in [-0.1, -0.05) is 32.9 Å². The van der Waals surface area contributed by atoms with Crippen LogP contribution in [0.3, 0.4) is 0 Å². The molecule has 0 radical (unpaired) electrons. The molecule has 1 aliphatic heterocycles. The molecular formula is C20H22FN3O4S. The molecule has 1 aromatic carbocycles. The second-order valence-electron chi connectivity index (χ2n) is 7.99. The molecule has 0 spiro atoms. The van der Waals surface area contributed by atoms with Crippen LogP contribution in [-0.4, -0.2) is 34.3 Å². The molecule has 29 heavy (non-hydrogen) atoms. The normalized spacial score (nSPS) is 19.4. The number of imide groups is 1. The van der Waals surface area contributed by atoms with E-state index in [4.69, 9.17) is 4.74 Å². The smallest absolute Gasteiger partial charge is 0.326 e. The predicted molar refractivity (Wildman–Crippen MR) is 105 cm³/mol. The van der Waals surface area contributed by atoms with Crippen molar-refractivity contribution in [2.45, 2.75) is 45.3 Å². The molecule has 0 aliphatic carbocycles. The third kappa shape index (κ3) is 4.29. The fourth-order valence-electron chi connectivity index (χ4n) is 2.86. The number of nitrogens with one attached hydrogen (secondary N) is 1. The third-order valence-corrected chi connectivity index (χ3v) is 5.48. The monoisotopic (exact) mass is 419 g/mol. The van der Waals surface area contributed by atoms with Crippen molar-refractivity contribution in [2.24, 2.45) is 0 Å². The molecule has 1 aliphatic rings. The van der Waals surface area contributed by atoms with Gasteiger partial charge in [0.25, 0.3) is 5.91 Å². The van der Waals surface area contributed by atoms with Crippen molar-refractivity contribution in [2.75, 3.05) is 6.54 Å². The first-order valence-corrected chi connectivity index (χ1v) is 9.89. The number of hydrogen-bond acceptors (Lipinski definition) is 6. The van der Waals surface area contributed by atoms with Crippen LogP contribution in [0.5, 0.6) is 0 Å². The number of carbonyl (C=O) groups excluding carboxylic acids is 3. The zero-order chi connectivity index (χ0) is 21.4. The van der Waals surface area contributed by atoms with Gasteiger partial charge in [0.2, 0.25) is 0 Å². The van der Waals surface area contributed by atoms with Crippen LogP contribution in [0.15, 0.2) is 29.6 Å². The van der Waals surface area contributed by atoms with E-state index in [-0.39, 0.29) is 12.0 Å².